The normalized spacial score (nSPS) is 11.7. The highest BCUT2D eigenvalue weighted by atomic mass is 35.5. The number of halogens is 4. The van der Waals surface area contributed by atoms with Gasteiger partial charge < -0.3 is 4.90 Å². The maximum absolute atomic E-state index is 13.2. The van der Waals surface area contributed by atoms with Gasteiger partial charge in [0.15, 0.2) is 0 Å². The van der Waals surface area contributed by atoms with Crippen LogP contribution >= 0.6 is 22.9 Å². The largest absolute Gasteiger partial charge is 0.418 e. The maximum atomic E-state index is 13.2. The summed E-state index contributed by atoms with van der Waals surface area (Å²) in [4.78, 5) is 6.65. The van der Waals surface area contributed by atoms with Crippen LogP contribution in [0.1, 0.15) is 21.7 Å². The second kappa shape index (κ2) is 6.23. The summed E-state index contributed by atoms with van der Waals surface area (Å²) in [5, 5.41) is 0. The van der Waals surface area contributed by atoms with Gasteiger partial charge in [-0.05, 0) is 24.6 Å². The van der Waals surface area contributed by atoms with Crippen LogP contribution in [0, 0.1) is 6.92 Å². The standard InChI is InChI=1S/C14H14ClF3N2S/c1-9-13(21-8-19-9)7-20(2)12-4-3-10(6-15)5-11(12)14(16,17)18/h3-5,8H,6-7H2,1-2H3. The Kier molecular flexibility index (Phi) is 4.78. The third-order valence-corrected chi connectivity index (χ3v) is 4.39. The molecule has 0 saturated carbocycles. The number of rotatable bonds is 4. The summed E-state index contributed by atoms with van der Waals surface area (Å²) >= 11 is 7.07. The van der Waals surface area contributed by atoms with Crippen molar-refractivity contribution < 1.29 is 13.2 Å². The molecular formula is C14H14ClF3N2S. The molecule has 0 bridgehead atoms. The molecule has 0 aliphatic heterocycles. The number of aryl methyl sites for hydroxylation is 1. The van der Waals surface area contributed by atoms with Crippen LogP contribution in [0.15, 0.2) is 23.7 Å². The second-order valence-electron chi connectivity index (χ2n) is 4.70. The predicted octanol–water partition coefficient (Wildman–Crippen LogP) is 4.85. The van der Waals surface area contributed by atoms with Gasteiger partial charge in [0.1, 0.15) is 0 Å². The summed E-state index contributed by atoms with van der Waals surface area (Å²) in [5.41, 5.74) is 2.47. The van der Waals surface area contributed by atoms with Gasteiger partial charge >= 0.3 is 6.18 Å². The Balaban J connectivity index is 2.36. The van der Waals surface area contributed by atoms with Crippen LogP contribution in [0.2, 0.25) is 0 Å². The van der Waals surface area contributed by atoms with Crippen molar-refractivity contribution >= 4 is 28.6 Å². The van der Waals surface area contributed by atoms with E-state index in [2.05, 4.69) is 4.98 Å². The topological polar surface area (TPSA) is 16.1 Å². The van der Waals surface area contributed by atoms with Gasteiger partial charge in [0.2, 0.25) is 0 Å². The van der Waals surface area contributed by atoms with Gasteiger partial charge in [-0.25, -0.2) is 4.98 Å². The molecule has 1 aromatic carbocycles. The molecule has 0 radical (unpaired) electrons. The lowest BCUT2D eigenvalue weighted by Gasteiger charge is -2.23. The Morgan fingerprint density at radius 1 is 1.33 bits per heavy atom. The van der Waals surface area contributed by atoms with E-state index in [0.717, 1.165) is 16.6 Å². The van der Waals surface area contributed by atoms with Crippen LogP contribution in [0.25, 0.3) is 0 Å². The highest BCUT2D eigenvalue weighted by Crippen LogP contribution is 2.37. The van der Waals surface area contributed by atoms with Crippen molar-refractivity contribution in [2.45, 2.75) is 25.5 Å². The Bertz CT molecular complexity index is 625. The number of thiazole rings is 1. The first kappa shape index (κ1) is 16.1. The zero-order chi connectivity index (χ0) is 15.6. The Morgan fingerprint density at radius 2 is 2.05 bits per heavy atom. The first-order valence-electron chi connectivity index (χ1n) is 6.19. The summed E-state index contributed by atoms with van der Waals surface area (Å²) in [6, 6.07) is 4.20. The van der Waals surface area contributed by atoms with Crippen molar-refractivity contribution in [1.82, 2.24) is 4.98 Å². The maximum Gasteiger partial charge on any atom is 0.418 e. The monoisotopic (exact) mass is 334 g/mol. The molecule has 0 N–H and O–H groups in total. The molecule has 2 aromatic rings. The van der Waals surface area contributed by atoms with Gasteiger partial charge in [0, 0.05) is 23.5 Å². The minimum absolute atomic E-state index is 0.0566. The molecule has 21 heavy (non-hydrogen) atoms. The molecule has 2 nitrogen and oxygen atoms in total. The number of benzene rings is 1. The van der Waals surface area contributed by atoms with Gasteiger partial charge in [0.25, 0.3) is 0 Å². The molecule has 0 spiro atoms. The van der Waals surface area contributed by atoms with Gasteiger partial charge in [-0.15, -0.1) is 22.9 Å². The van der Waals surface area contributed by atoms with Crippen LogP contribution in [-0.2, 0) is 18.6 Å². The van der Waals surface area contributed by atoms with Crippen molar-refractivity contribution in [3.63, 3.8) is 0 Å². The van der Waals surface area contributed by atoms with Crippen LogP contribution in [0.3, 0.4) is 0 Å². The molecule has 1 aromatic heterocycles. The first-order valence-corrected chi connectivity index (χ1v) is 7.60. The van der Waals surface area contributed by atoms with E-state index >= 15 is 0 Å². The molecule has 0 aliphatic carbocycles. The van der Waals surface area contributed by atoms with E-state index in [-0.39, 0.29) is 11.6 Å². The average molecular weight is 335 g/mol. The first-order chi connectivity index (χ1) is 9.82. The molecule has 0 amide bonds. The summed E-state index contributed by atoms with van der Waals surface area (Å²) < 4.78 is 39.6. The quantitative estimate of drug-likeness (QED) is 0.743. The summed E-state index contributed by atoms with van der Waals surface area (Å²) in [6.45, 7) is 2.24. The van der Waals surface area contributed by atoms with Crippen molar-refractivity contribution in [3.05, 3.63) is 45.4 Å². The van der Waals surface area contributed by atoms with Crippen LogP contribution in [-0.4, -0.2) is 12.0 Å². The van der Waals surface area contributed by atoms with E-state index in [4.69, 9.17) is 11.6 Å². The highest BCUT2D eigenvalue weighted by molar-refractivity contribution is 7.09. The Hall–Kier alpha value is -1.27. The van der Waals surface area contributed by atoms with E-state index in [9.17, 15) is 13.2 Å². The van der Waals surface area contributed by atoms with E-state index in [1.54, 1.807) is 23.5 Å². The summed E-state index contributed by atoms with van der Waals surface area (Å²) in [7, 11) is 1.64. The second-order valence-corrected chi connectivity index (χ2v) is 5.91. The van der Waals surface area contributed by atoms with E-state index in [1.807, 2.05) is 6.92 Å². The van der Waals surface area contributed by atoms with Gasteiger partial charge in [-0.3, -0.25) is 0 Å². The third kappa shape index (κ3) is 3.68. The summed E-state index contributed by atoms with van der Waals surface area (Å²) in [6.07, 6.45) is -4.41. The van der Waals surface area contributed by atoms with Crippen molar-refractivity contribution in [2.75, 3.05) is 11.9 Å². The molecule has 0 saturated heterocycles. The van der Waals surface area contributed by atoms with Crippen LogP contribution < -0.4 is 4.90 Å². The van der Waals surface area contributed by atoms with Gasteiger partial charge in [0.05, 0.1) is 23.3 Å². The SMILES string of the molecule is Cc1ncsc1CN(C)c1ccc(CCl)cc1C(F)(F)F. The number of hydrogen-bond donors (Lipinski definition) is 0. The van der Waals surface area contributed by atoms with Crippen molar-refractivity contribution in [2.24, 2.45) is 0 Å². The fourth-order valence-electron chi connectivity index (χ4n) is 2.00. The zero-order valence-electron chi connectivity index (χ0n) is 11.5. The van der Waals surface area contributed by atoms with Crippen molar-refractivity contribution in [1.29, 1.82) is 0 Å². The molecule has 0 fully saturated rings. The van der Waals surface area contributed by atoms with Crippen LogP contribution in [0.5, 0.6) is 0 Å². The van der Waals surface area contributed by atoms with Crippen molar-refractivity contribution in [3.8, 4) is 0 Å². The highest BCUT2D eigenvalue weighted by Gasteiger charge is 2.34. The fourth-order valence-corrected chi connectivity index (χ4v) is 3.00. The van der Waals surface area contributed by atoms with Gasteiger partial charge in [-0.2, -0.15) is 13.2 Å². The predicted molar refractivity (Wildman–Crippen MR) is 80.0 cm³/mol. The van der Waals surface area contributed by atoms with E-state index in [0.29, 0.717) is 12.1 Å². The molecule has 114 valence electrons. The molecule has 0 aliphatic rings. The molecular weight excluding hydrogens is 321 g/mol. The van der Waals surface area contributed by atoms with Crippen LogP contribution in [0.4, 0.5) is 18.9 Å². The Morgan fingerprint density at radius 3 is 2.57 bits per heavy atom. The molecule has 7 heteroatoms. The number of nitrogens with zero attached hydrogens (tertiary/aromatic N) is 2. The molecule has 0 unspecified atom stereocenters. The van der Waals surface area contributed by atoms with E-state index in [1.165, 1.54) is 17.4 Å². The molecule has 1 heterocycles. The lowest BCUT2D eigenvalue weighted by atomic mass is 10.1. The lowest BCUT2D eigenvalue weighted by Crippen LogP contribution is -2.21. The average Bonchev–Trinajstić information content (AvgIpc) is 2.82. The summed E-state index contributed by atoms with van der Waals surface area (Å²) in [5.74, 6) is 0.0566. The minimum Gasteiger partial charge on any atom is -0.369 e. The zero-order valence-corrected chi connectivity index (χ0v) is 13.1. The fraction of sp³-hybridized carbons (Fsp3) is 0.357. The number of hydrogen-bond acceptors (Lipinski definition) is 3. The minimum atomic E-state index is -4.41. The molecule has 0 atom stereocenters. The van der Waals surface area contributed by atoms with Gasteiger partial charge in [-0.1, -0.05) is 6.07 Å². The van der Waals surface area contributed by atoms with E-state index < -0.39 is 11.7 Å². The molecule has 2 rings (SSSR count). The number of aromatic nitrogens is 1. The number of anilines is 1. The smallest absolute Gasteiger partial charge is 0.369 e. The third-order valence-electron chi connectivity index (χ3n) is 3.16. The number of alkyl halides is 4. The lowest BCUT2D eigenvalue weighted by molar-refractivity contribution is -0.137. The Labute approximate surface area is 130 Å².